The van der Waals surface area contributed by atoms with Gasteiger partial charge in [-0.2, -0.15) is 0 Å². The van der Waals surface area contributed by atoms with E-state index in [1.165, 1.54) is 11.3 Å². The first-order chi connectivity index (χ1) is 9.09. The van der Waals surface area contributed by atoms with Crippen LogP contribution >= 0.6 is 22.9 Å². The van der Waals surface area contributed by atoms with Crippen molar-refractivity contribution < 1.29 is 9.90 Å². The normalized spacial score (nSPS) is 12.2. The third-order valence-electron chi connectivity index (χ3n) is 2.78. The van der Waals surface area contributed by atoms with Gasteiger partial charge in [-0.1, -0.05) is 23.7 Å². The predicted octanol–water partition coefficient (Wildman–Crippen LogP) is 3.17. The number of amides is 1. The molecular weight excluding hydrogens is 282 g/mol. The molecule has 1 amide bonds. The molecule has 3 nitrogen and oxygen atoms in total. The molecule has 19 heavy (non-hydrogen) atoms. The first-order valence-corrected chi connectivity index (χ1v) is 7.10. The predicted molar refractivity (Wildman–Crippen MR) is 77.8 cm³/mol. The summed E-state index contributed by atoms with van der Waals surface area (Å²) in [4.78, 5) is 12.8. The Morgan fingerprint density at radius 2 is 2.16 bits per heavy atom. The minimum atomic E-state index is -0.688. The van der Waals surface area contributed by atoms with Crippen LogP contribution in [0.4, 0.5) is 0 Å². The van der Waals surface area contributed by atoms with Crippen molar-refractivity contribution in [3.05, 3.63) is 56.7 Å². The highest BCUT2D eigenvalue weighted by Gasteiger charge is 2.15. The van der Waals surface area contributed by atoms with Gasteiger partial charge in [-0.25, -0.2) is 0 Å². The van der Waals surface area contributed by atoms with Gasteiger partial charge in [0.05, 0.1) is 10.6 Å². The van der Waals surface area contributed by atoms with E-state index < -0.39 is 6.10 Å². The number of carbonyl (C=O) groups is 1. The number of benzene rings is 1. The zero-order valence-corrected chi connectivity index (χ0v) is 12.0. The number of aliphatic hydroxyl groups is 1. The Kier molecular flexibility index (Phi) is 4.58. The van der Waals surface area contributed by atoms with E-state index in [4.69, 9.17) is 11.6 Å². The van der Waals surface area contributed by atoms with Crippen molar-refractivity contribution in [1.29, 1.82) is 0 Å². The summed E-state index contributed by atoms with van der Waals surface area (Å²) in [6.45, 7) is 2.11. The lowest BCUT2D eigenvalue weighted by Crippen LogP contribution is -2.28. The van der Waals surface area contributed by atoms with Crippen molar-refractivity contribution in [3.63, 3.8) is 0 Å². The fourth-order valence-electron chi connectivity index (χ4n) is 1.75. The molecule has 2 rings (SSSR count). The lowest BCUT2D eigenvalue weighted by Gasteiger charge is -2.12. The fourth-order valence-corrected chi connectivity index (χ4v) is 2.88. The third-order valence-corrected chi connectivity index (χ3v) is 4.23. The second kappa shape index (κ2) is 6.19. The van der Waals surface area contributed by atoms with Gasteiger partial charge in [0.25, 0.3) is 5.91 Å². The third kappa shape index (κ3) is 3.35. The van der Waals surface area contributed by atoms with Crippen LogP contribution in [0.5, 0.6) is 0 Å². The molecule has 0 saturated heterocycles. The zero-order valence-electron chi connectivity index (χ0n) is 10.4. The Morgan fingerprint density at radius 1 is 1.42 bits per heavy atom. The van der Waals surface area contributed by atoms with E-state index in [1.807, 2.05) is 18.4 Å². The lowest BCUT2D eigenvalue weighted by molar-refractivity contribution is 0.0918. The van der Waals surface area contributed by atoms with Crippen molar-refractivity contribution in [3.8, 4) is 0 Å². The molecule has 1 aromatic carbocycles. The van der Waals surface area contributed by atoms with E-state index in [0.717, 1.165) is 10.4 Å². The van der Waals surface area contributed by atoms with Crippen molar-refractivity contribution in [2.75, 3.05) is 6.54 Å². The lowest BCUT2D eigenvalue weighted by atomic mass is 10.2. The summed E-state index contributed by atoms with van der Waals surface area (Å²) in [5.41, 5.74) is 1.45. The van der Waals surface area contributed by atoms with Crippen LogP contribution in [-0.2, 0) is 0 Å². The smallest absolute Gasteiger partial charge is 0.252 e. The van der Waals surface area contributed by atoms with Gasteiger partial charge in [0.15, 0.2) is 0 Å². The van der Waals surface area contributed by atoms with Gasteiger partial charge in [-0.05, 0) is 36.1 Å². The van der Waals surface area contributed by atoms with Gasteiger partial charge < -0.3 is 10.4 Å². The molecule has 5 heteroatoms. The maximum atomic E-state index is 11.9. The summed E-state index contributed by atoms with van der Waals surface area (Å²) in [5, 5.41) is 15.0. The van der Waals surface area contributed by atoms with E-state index >= 15 is 0 Å². The van der Waals surface area contributed by atoms with Crippen LogP contribution in [0, 0.1) is 6.92 Å². The molecule has 1 atom stereocenters. The standard InChI is InChI=1S/C14H14ClNO2S/c1-9-6-7-19-13(9)12(17)8-16-14(18)10-4-2-3-5-11(10)15/h2-7,12,17H,8H2,1H3,(H,16,18). The van der Waals surface area contributed by atoms with Crippen molar-refractivity contribution in [2.45, 2.75) is 13.0 Å². The van der Waals surface area contributed by atoms with Crippen LogP contribution in [0.3, 0.4) is 0 Å². The first-order valence-electron chi connectivity index (χ1n) is 5.84. The topological polar surface area (TPSA) is 49.3 Å². The number of hydrogen-bond donors (Lipinski definition) is 2. The van der Waals surface area contributed by atoms with Gasteiger partial charge >= 0.3 is 0 Å². The minimum absolute atomic E-state index is 0.172. The molecule has 0 fully saturated rings. The van der Waals surface area contributed by atoms with Gasteiger partial charge in [0.2, 0.25) is 0 Å². The summed E-state index contributed by atoms with van der Waals surface area (Å²) in [6, 6.07) is 8.78. The fraction of sp³-hybridized carbons (Fsp3) is 0.214. The van der Waals surface area contributed by atoms with Crippen LogP contribution in [0.2, 0.25) is 5.02 Å². The number of halogens is 1. The second-order valence-electron chi connectivity index (χ2n) is 4.17. The molecule has 0 spiro atoms. The maximum absolute atomic E-state index is 11.9. The Bertz CT molecular complexity index is 582. The highest BCUT2D eigenvalue weighted by molar-refractivity contribution is 7.10. The molecule has 2 N–H and O–H groups in total. The second-order valence-corrected chi connectivity index (χ2v) is 5.53. The number of aliphatic hydroxyl groups excluding tert-OH is 1. The Morgan fingerprint density at radius 3 is 2.79 bits per heavy atom. The Balaban J connectivity index is 1.98. The molecule has 0 saturated carbocycles. The summed E-state index contributed by atoms with van der Waals surface area (Å²) >= 11 is 7.42. The summed E-state index contributed by atoms with van der Waals surface area (Å²) < 4.78 is 0. The molecule has 1 heterocycles. The van der Waals surface area contributed by atoms with Crippen LogP contribution in [0.1, 0.15) is 26.9 Å². The summed E-state index contributed by atoms with van der Waals surface area (Å²) in [7, 11) is 0. The number of aryl methyl sites for hydroxylation is 1. The molecule has 0 aliphatic rings. The molecule has 0 aliphatic carbocycles. The Labute approximate surface area is 120 Å². The average molecular weight is 296 g/mol. The average Bonchev–Trinajstić information content (AvgIpc) is 2.82. The molecule has 100 valence electrons. The van der Waals surface area contributed by atoms with Crippen molar-refractivity contribution >= 4 is 28.8 Å². The van der Waals surface area contributed by atoms with E-state index in [1.54, 1.807) is 24.3 Å². The molecule has 0 aliphatic heterocycles. The SMILES string of the molecule is Cc1ccsc1C(O)CNC(=O)c1ccccc1Cl. The summed E-state index contributed by atoms with van der Waals surface area (Å²) in [6.07, 6.45) is -0.688. The number of hydrogen-bond acceptors (Lipinski definition) is 3. The molecule has 0 bridgehead atoms. The number of nitrogens with one attached hydrogen (secondary N) is 1. The minimum Gasteiger partial charge on any atom is -0.386 e. The monoisotopic (exact) mass is 295 g/mol. The first kappa shape index (κ1) is 14.1. The maximum Gasteiger partial charge on any atom is 0.252 e. The van der Waals surface area contributed by atoms with Gasteiger partial charge in [-0.15, -0.1) is 11.3 Å². The number of thiophene rings is 1. The highest BCUT2D eigenvalue weighted by atomic mass is 35.5. The van der Waals surface area contributed by atoms with Crippen molar-refractivity contribution in [2.24, 2.45) is 0 Å². The van der Waals surface area contributed by atoms with E-state index in [0.29, 0.717) is 10.6 Å². The molecule has 0 radical (unpaired) electrons. The molecule has 1 aromatic heterocycles. The zero-order chi connectivity index (χ0) is 13.8. The molecule has 2 aromatic rings. The quantitative estimate of drug-likeness (QED) is 0.910. The number of carbonyl (C=O) groups excluding carboxylic acids is 1. The summed E-state index contributed by atoms with van der Waals surface area (Å²) in [5.74, 6) is -0.279. The Hall–Kier alpha value is -1.36. The molecular formula is C14H14ClNO2S. The largest absolute Gasteiger partial charge is 0.386 e. The molecule has 1 unspecified atom stereocenters. The van der Waals surface area contributed by atoms with Gasteiger partial charge in [0.1, 0.15) is 6.10 Å². The van der Waals surface area contributed by atoms with Crippen molar-refractivity contribution in [1.82, 2.24) is 5.32 Å². The van der Waals surface area contributed by atoms with Crippen LogP contribution in [0.15, 0.2) is 35.7 Å². The highest BCUT2D eigenvalue weighted by Crippen LogP contribution is 2.23. The van der Waals surface area contributed by atoms with E-state index in [9.17, 15) is 9.90 Å². The van der Waals surface area contributed by atoms with Crippen LogP contribution < -0.4 is 5.32 Å². The van der Waals surface area contributed by atoms with Crippen LogP contribution in [-0.4, -0.2) is 17.6 Å². The van der Waals surface area contributed by atoms with Crippen LogP contribution in [0.25, 0.3) is 0 Å². The van der Waals surface area contributed by atoms with E-state index in [2.05, 4.69) is 5.32 Å². The van der Waals surface area contributed by atoms with Gasteiger partial charge in [0, 0.05) is 11.4 Å². The number of rotatable bonds is 4. The van der Waals surface area contributed by atoms with Gasteiger partial charge in [-0.3, -0.25) is 4.79 Å². The van der Waals surface area contributed by atoms with E-state index in [-0.39, 0.29) is 12.5 Å².